The number of rotatable bonds is 24. The Morgan fingerprint density at radius 2 is 0.552 bits per heavy atom. The van der Waals surface area contributed by atoms with E-state index in [1.165, 1.54) is 0 Å². The number of hydrogen-bond acceptors (Lipinski definition) is 39. The lowest BCUT2D eigenvalue weighted by atomic mass is 9.67. The van der Waals surface area contributed by atoms with Crippen LogP contribution in [0.3, 0.4) is 0 Å². The number of aliphatic hydroxyl groups is 24. The minimum atomic E-state index is -5.17. The van der Waals surface area contributed by atoms with Gasteiger partial charge >= 0.3 is 0 Å². The maximum Gasteiger partial charge on any atom is 0.261 e. The molecule has 10 rings (SSSR count). The molecule has 0 aromatic heterocycles. The van der Waals surface area contributed by atoms with Gasteiger partial charge in [-0.15, -0.1) is 0 Å². The molecule has 27 atom stereocenters. The maximum absolute atomic E-state index is 14.4. The topological polar surface area (TPSA) is 707 Å². The van der Waals surface area contributed by atoms with Crippen molar-refractivity contribution in [3.8, 4) is 17.2 Å². The highest BCUT2D eigenvalue weighted by atomic mass is 32.2. The molecule has 27 N–H and O–H groups in total. The Bertz CT molecular complexity index is 3590. The summed E-state index contributed by atoms with van der Waals surface area (Å²) in [5, 5.41) is 260. The van der Waals surface area contributed by atoms with E-state index >= 15 is 0 Å². The molecule has 6 saturated heterocycles. The van der Waals surface area contributed by atoms with E-state index in [2.05, 4.69) is 14.2 Å². The predicted octanol–water partition coefficient (Wildman–Crippen LogP) is -12.7. The summed E-state index contributed by atoms with van der Waals surface area (Å²) in [4.78, 5) is -3.22. The van der Waals surface area contributed by atoms with Crippen LogP contribution in [-0.2, 0) is 58.5 Å². The van der Waals surface area contributed by atoms with Crippen molar-refractivity contribution in [2.45, 2.75) is 177 Å². The first-order chi connectivity index (χ1) is 49.2. The number of nitrogens with one attached hydrogen (secondary N) is 3. The summed E-state index contributed by atoms with van der Waals surface area (Å²) in [6, 6.07) is 13.8. The van der Waals surface area contributed by atoms with Crippen LogP contribution in [0, 0.1) is 0 Å². The fraction of sp³-hybridized carbons (Fsp3) is 0.600. The molecule has 0 spiro atoms. The first-order valence-corrected chi connectivity index (χ1v) is 36.1. The summed E-state index contributed by atoms with van der Waals surface area (Å²) in [5.41, 5.74) is -20.0. The van der Waals surface area contributed by atoms with Crippen LogP contribution in [-0.4, -0.2) is 370 Å². The average molecular weight is 1560 g/mol. The summed E-state index contributed by atoms with van der Waals surface area (Å²) in [7, 11) is -15.5. The minimum absolute atomic E-state index is 0.304. The second kappa shape index (κ2) is 30.7. The van der Waals surface area contributed by atoms with E-state index in [4.69, 9.17) is 42.6 Å². The van der Waals surface area contributed by atoms with Gasteiger partial charge in [-0.05, 0) is 91.0 Å². The van der Waals surface area contributed by atoms with Gasteiger partial charge in [0.05, 0.1) is 74.1 Å². The Morgan fingerprint density at radius 1 is 0.333 bits per heavy atom. The third kappa shape index (κ3) is 14.3. The van der Waals surface area contributed by atoms with Gasteiger partial charge in [-0.1, -0.05) is 0 Å². The van der Waals surface area contributed by atoms with Crippen molar-refractivity contribution in [3.05, 3.63) is 91.0 Å². The van der Waals surface area contributed by atoms with Crippen LogP contribution in [0.4, 0.5) is 17.1 Å². The zero-order valence-electron chi connectivity index (χ0n) is 54.2. The van der Waals surface area contributed by atoms with Crippen molar-refractivity contribution in [1.82, 2.24) is 0 Å². The molecule has 0 aliphatic carbocycles. The van der Waals surface area contributed by atoms with Crippen LogP contribution in [0.2, 0.25) is 0 Å². The third-order valence-corrected chi connectivity index (χ3v) is 23.7. The van der Waals surface area contributed by atoms with E-state index in [9.17, 15) is 148 Å². The standard InChI is InChI=1S/C60H81N3O39S3/c64-16-34-40(70)46(76)55(82,22-94-34)58(85)37(19-67)100-52(43(73)49(58)79)97-28-7-1-25(2-8-28)61-103(88,89)31-13-32(104(90,91)62-26-3-9-29(10-4-26)98-53-44(74)50(80)59(86,38(20-68)101-53)56(83)23-95-35(17-65)41(71)47(56)77)15-33(14-31)105(92,93)63-27-5-11-30(12-6-27)99-54-45(75)51(81)60(87,39(21-69)102-54)57(84)24-96-36(18-66)42(72)48(57)78/h1-15,34-54,61-87H,16-24H2/t34-,35-,36-,37-,38-,39-,40-,41-,42-,43-,44-,45-,46+,47+,48+,49-,50-,51-,52-,53-,54-,55-,56-,57-,58-,59-,60-/m1/s1. The van der Waals surface area contributed by atoms with E-state index in [1.54, 1.807) is 0 Å². The molecule has 42 nitrogen and oxygen atoms in total. The van der Waals surface area contributed by atoms with Gasteiger partial charge in [0.1, 0.15) is 127 Å². The van der Waals surface area contributed by atoms with Gasteiger partial charge in [0.15, 0.2) is 33.6 Å². The molecular weight excluding hydrogens is 1480 g/mol. The lowest BCUT2D eigenvalue weighted by Gasteiger charge is -2.57. The number of ether oxygens (including phenoxy) is 9. The van der Waals surface area contributed by atoms with Crippen LogP contribution >= 0.6 is 0 Å². The Morgan fingerprint density at radius 3 is 0.752 bits per heavy atom. The largest absolute Gasteiger partial charge is 0.462 e. The smallest absolute Gasteiger partial charge is 0.261 e. The molecular formula is C60H81N3O39S3. The molecule has 105 heavy (non-hydrogen) atoms. The van der Waals surface area contributed by atoms with Crippen LogP contribution in [0.1, 0.15) is 0 Å². The van der Waals surface area contributed by atoms with E-state index in [1.807, 2.05) is 0 Å². The lowest BCUT2D eigenvalue weighted by molar-refractivity contribution is -0.384. The van der Waals surface area contributed by atoms with Crippen molar-refractivity contribution < 1.29 is 190 Å². The quantitative estimate of drug-likeness (QED) is 0.0310. The van der Waals surface area contributed by atoms with Gasteiger partial charge in [0.2, 0.25) is 18.9 Å². The highest BCUT2D eigenvalue weighted by Crippen LogP contribution is 2.48. The fourth-order valence-corrected chi connectivity index (χ4v) is 17.0. The highest BCUT2D eigenvalue weighted by Gasteiger charge is 2.73. The summed E-state index contributed by atoms with van der Waals surface area (Å²) < 4.78 is 142. The van der Waals surface area contributed by atoms with Crippen molar-refractivity contribution in [3.63, 3.8) is 0 Å². The molecule has 45 heteroatoms. The van der Waals surface area contributed by atoms with Gasteiger partial charge in [-0.2, -0.15) is 0 Å². The zero-order valence-corrected chi connectivity index (χ0v) is 56.7. The molecule has 0 radical (unpaired) electrons. The molecule has 0 unspecified atom stereocenters. The number of anilines is 3. The molecule has 0 bridgehead atoms. The molecule has 6 heterocycles. The summed E-state index contributed by atoms with van der Waals surface area (Å²) in [6.07, 6.45) is -45.0. The molecule has 6 aliphatic heterocycles. The van der Waals surface area contributed by atoms with E-state index < -0.39 is 267 Å². The van der Waals surface area contributed by atoms with E-state index in [-0.39, 0.29) is 34.3 Å². The van der Waals surface area contributed by atoms with Gasteiger partial charge in [-0.3, -0.25) is 14.2 Å². The molecule has 6 aliphatic rings. The first kappa shape index (κ1) is 81.8. The van der Waals surface area contributed by atoms with Crippen molar-refractivity contribution in [2.24, 2.45) is 0 Å². The maximum atomic E-state index is 14.4. The monoisotopic (exact) mass is 1560 g/mol. The summed E-state index contributed by atoms with van der Waals surface area (Å²) >= 11 is 0. The number of sulfonamides is 3. The van der Waals surface area contributed by atoms with Crippen LogP contribution in [0.5, 0.6) is 17.2 Å². The van der Waals surface area contributed by atoms with Crippen LogP contribution in [0.25, 0.3) is 0 Å². The highest BCUT2D eigenvalue weighted by molar-refractivity contribution is 7.94. The van der Waals surface area contributed by atoms with Gasteiger partial charge < -0.3 is 165 Å². The van der Waals surface area contributed by atoms with Gasteiger partial charge in [-0.25, -0.2) is 25.3 Å². The predicted molar refractivity (Wildman–Crippen MR) is 340 cm³/mol. The first-order valence-electron chi connectivity index (χ1n) is 31.7. The van der Waals surface area contributed by atoms with Gasteiger partial charge in [0, 0.05) is 17.1 Å². The van der Waals surface area contributed by atoms with Crippen molar-refractivity contribution >= 4 is 47.1 Å². The van der Waals surface area contributed by atoms with E-state index in [0.29, 0.717) is 18.2 Å². The summed E-state index contributed by atoms with van der Waals surface area (Å²) in [6.45, 7) is -9.57. The van der Waals surface area contributed by atoms with Crippen LogP contribution in [0.15, 0.2) is 106 Å². The molecule has 0 amide bonds. The number of hydrogen-bond donors (Lipinski definition) is 27. The average Bonchev–Trinajstić information content (AvgIpc) is 0.726. The number of benzene rings is 4. The molecule has 6 fully saturated rings. The Hall–Kier alpha value is -5.67. The Labute approximate surface area is 594 Å². The number of aliphatic hydroxyl groups excluding tert-OH is 18. The molecule has 4 aromatic carbocycles. The zero-order chi connectivity index (χ0) is 77.3. The molecule has 0 saturated carbocycles. The van der Waals surface area contributed by atoms with Crippen molar-refractivity contribution in [2.75, 3.05) is 73.6 Å². The van der Waals surface area contributed by atoms with Crippen molar-refractivity contribution in [1.29, 1.82) is 0 Å². The molecule has 588 valence electrons. The molecule has 4 aromatic rings. The van der Waals surface area contributed by atoms with Crippen LogP contribution < -0.4 is 28.4 Å². The second-order valence-corrected chi connectivity index (χ2v) is 30.9. The Kier molecular flexibility index (Phi) is 23.9. The lowest BCUT2D eigenvalue weighted by Crippen LogP contribution is -2.82. The fourth-order valence-electron chi connectivity index (χ4n) is 13.4. The second-order valence-electron chi connectivity index (χ2n) is 25.9. The minimum Gasteiger partial charge on any atom is -0.462 e. The third-order valence-electron chi connectivity index (χ3n) is 19.6. The SMILES string of the molecule is O=S(=O)(Nc1ccc(O[C@@H]2O[C@H](CO)[C@](O)([C@@]3(O)CO[C@H](CO)[C@@H](O)[C@@H]3O)[C@H](O)[C@H]2O)cc1)c1cc(S(=O)(=O)Nc2ccc(O[C@@H]3O[C@H](CO)[C@](O)([C@@]4(O)CO[C@H](CO)[C@@H](O)[C@@H]4O)[C@H](O)[C@H]3O)cc2)cc(S(=O)(=O)Nc2ccc(O[C@@H]3O[C@H](CO)[C@](O)([C@@]4(O)CO[C@H](CO)[C@@H](O)[C@@H]4O)[C@H](O)[C@H]3O)cc2)c1. The van der Waals surface area contributed by atoms with Gasteiger partial charge in [0.25, 0.3) is 30.1 Å². The van der Waals surface area contributed by atoms with E-state index in [0.717, 1.165) is 72.8 Å². The normalized spacial score (nSPS) is 40.6. The summed E-state index contributed by atoms with van der Waals surface area (Å²) in [5.74, 6) is -0.913. The Balaban J connectivity index is 0.885.